The predicted octanol–water partition coefficient (Wildman–Crippen LogP) is 2.72. The van der Waals surface area contributed by atoms with Gasteiger partial charge in [-0.05, 0) is 42.7 Å². The average Bonchev–Trinajstić information content (AvgIpc) is 2.93. The molecule has 0 aliphatic rings. The first-order valence-corrected chi connectivity index (χ1v) is 7.56. The number of aromatic nitrogens is 2. The second kappa shape index (κ2) is 7.24. The molecule has 96 valence electrons. The van der Waals surface area contributed by atoms with Crippen molar-refractivity contribution < 1.29 is 0 Å². The Morgan fingerprint density at radius 2 is 2.11 bits per heavy atom. The van der Waals surface area contributed by atoms with Crippen LogP contribution in [0.3, 0.4) is 0 Å². The molecule has 3 nitrogen and oxygen atoms in total. The van der Waals surface area contributed by atoms with E-state index in [1.807, 2.05) is 28.9 Å². The molecule has 0 fully saturated rings. The Morgan fingerprint density at radius 1 is 1.28 bits per heavy atom. The number of hydrogen-bond acceptors (Lipinski definition) is 3. The summed E-state index contributed by atoms with van der Waals surface area (Å²) in [7, 11) is 0. The van der Waals surface area contributed by atoms with Crippen molar-refractivity contribution >= 4 is 11.8 Å². The van der Waals surface area contributed by atoms with Crippen molar-refractivity contribution in [1.82, 2.24) is 14.9 Å². The number of rotatable bonds is 7. The third-order valence-corrected chi connectivity index (χ3v) is 3.47. The zero-order valence-electron chi connectivity index (χ0n) is 10.7. The first-order chi connectivity index (χ1) is 8.90. The van der Waals surface area contributed by atoms with Crippen LogP contribution in [0, 0.1) is 0 Å². The summed E-state index contributed by atoms with van der Waals surface area (Å²) in [4.78, 5) is 4.05. The van der Waals surface area contributed by atoms with Gasteiger partial charge in [-0.25, -0.2) is 4.98 Å². The molecule has 4 heteroatoms. The van der Waals surface area contributed by atoms with Gasteiger partial charge in [0.1, 0.15) is 0 Å². The normalized spacial score (nSPS) is 10.7. The summed E-state index contributed by atoms with van der Waals surface area (Å²) in [5.41, 5.74) is 2.47. The number of imidazole rings is 1. The van der Waals surface area contributed by atoms with Gasteiger partial charge in [-0.2, -0.15) is 11.8 Å². The quantitative estimate of drug-likeness (QED) is 0.777. The summed E-state index contributed by atoms with van der Waals surface area (Å²) >= 11 is 1.90. The van der Waals surface area contributed by atoms with Gasteiger partial charge in [0, 0.05) is 24.6 Å². The van der Waals surface area contributed by atoms with Crippen LogP contribution >= 0.6 is 11.8 Å². The number of nitrogens with zero attached hydrogens (tertiary/aromatic N) is 2. The zero-order chi connectivity index (χ0) is 12.6. The summed E-state index contributed by atoms with van der Waals surface area (Å²) < 4.78 is 2.01. The molecular formula is C14H19N3S. The van der Waals surface area contributed by atoms with Crippen LogP contribution in [-0.4, -0.2) is 28.1 Å². The van der Waals surface area contributed by atoms with Crippen LogP contribution in [-0.2, 0) is 6.54 Å². The van der Waals surface area contributed by atoms with E-state index in [9.17, 15) is 0 Å². The summed E-state index contributed by atoms with van der Waals surface area (Å²) in [6.07, 6.45) is 8.94. The summed E-state index contributed by atoms with van der Waals surface area (Å²) in [5.74, 6) is 1.23. The summed E-state index contributed by atoms with van der Waals surface area (Å²) in [6.45, 7) is 2.03. The molecule has 1 heterocycles. The lowest BCUT2D eigenvalue weighted by molar-refractivity contribution is 0.679. The van der Waals surface area contributed by atoms with E-state index in [0.29, 0.717) is 0 Å². The zero-order valence-corrected chi connectivity index (χ0v) is 11.5. The minimum absolute atomic E-state index is 0.943. The Bertz CT molecular complexity index is 437. The Hall–Kier alpha value is -1.26. The third-order valence-electron chi connectivity index (χ3n) is 2.77. The minimum Gasteiger partial charge on any atom is -0.313 e. The van der Waals surface area contributed by atoms with Crippen LogP contribution in [0.1, 0.15) is 12.0 Å². The fourth-order valence-electron chi connectivity index (χ4n) is 1.77. The van der Waals surface area contributed by atoms with Crippen LogP contribution in [0.5, 0.6) is 0 Å². The van der Waals surface area contributed by atoms with Gasteiger partial charge in [0.15, 0.2) is 0 Å². The van der Waals surface area contributed by atoms with Gasteiger partial charge in [0.05, 0.1) is 6.33 Å². The second-order valence-corrected chi connectivity index (χ2v) is 5.15. The van der Waals surface area contributed by atoms with E-state index in [-0.39, 0.29) is 0 Å². The molecule has 0 bridgehead atoms. The van der Waals surface area contributed by atoms with Gasteiger partial charge in [0.25, 0.3) is 0 Å². The topological polar surface area (TPSA) is 29.9 Å². The van der Waals surface area contributed by atoms with Gasteiger partial charge in [-0.3, -0.25) is 0 Å². The predicted molar refractivity (Wildman–Crippen MR) is 78.3 cm³/mol. The molecule has 1 aromatic heterocycles. The molecule has 2 rings (SSSR count). The third kappa shape index (κ3) is 3.89. The van der Waals surface area contributed by atoms with Gasteiger partial charge >= 0.3 is 0 Å². The Kier molecular flexibility index (Phi) is 5.30. The molecule has 0 saturated heterocycles. The smallest absolute Gasteiger partial charge is 0.0991 e. The van der Waals surface area contributed by atoms with Gasteiger partial charge < -0.3 is 9.88 Å². The molecule has 0 aliphatic heterocycles. The van der Waals surface area contributed by atoms with Gasteiger partial charge in [-0.1, -0.05) is 12.1 Å². The maximum absolute atomic E-state index is 4.05. The number of thioether (sulfide) groups is 1. The summed E-state index contributed by atoms with van der Waals surface area (Å²) in [5, 5.41) is 3.46. The van der Waals surface area contributed by atoms with E-state index >= 15 is 0 Å². The largest absolute Gasteiger partial charge is 0.313 e. The lowest BCUT2D eigenvalue weighted by atomic mass is 10.2. The van der Waals surface area contributed by atoms with E-state index in [1.54, 1.807) is 6.20 Å². The summed E-state index contributed by atoms with van der Waals surface area (Å²) in [6, 6.07) is 8.58. The van der Waals surface area contributed by atoms with Crippen LogP contribution in [0.2, 0.25) is 0 Å². The lowest BCUT2D eigenvalue weighted by Gasteiger charge is -2.06. The molecule has 2 aromatic rings. The molecule has 0 aliphatic carbocycles. The van der Waals surface area contributed by atoms with Gasteiger partial charge in [0.2, 0.25) is 0 Å². The maximum Gasteiger partial charge on any atom is 0.0991 e. The highest BCUT2D eigenvalue weighted by molar-refractivity contribution is 7.98. The highest BCUT2D eigenvalue weighted by Gasteiger charge is 1.96. The van der Waals surface area contributed by atoms with Crippen molar-refractivity contribution in [2.75, 3.05) is 18.6 Å². The Labute approximate surface area is 113 Å². The molecule has 0 radical (unpaired) electrons. The van der Waals surface area contributed by atoms with Crippen molar-refractivity contribution in [1.29, 1.82) is 0 Å². The molecule has 0 saturated carbocycles. The number of nitrogens with one attached hydrogen (secondary N) is 1. The van der Waals surface area contributed by atoms with E-state index in [2.05, 4.69) is 40.8 Å². The number of hydrogen-bond donors (Lipinski definition) is 1. The van der Waals surface area contributed by atoms with Crippen LogP contribution in [0.25, 0.3) is 5.69 Å². The molecule has 1 N–H and O–H groups in total. The first-order valence-electron chi connectivity index (χ1n) is 6.17. The molecule has 0 amide bonds. The lowest BCUT2D eigenvalue weighted by Crippen LogP contribution is -2.15. The Balaban J connectivity index is 1.81. The molecular weight excluding hydrogens is 242 g/mol. The first kappa shape index (κ1) is 13.2. The molecule has 1 aromatic carbocycles. The van der Waals surface area contributed by atoms with Crippen molar-refractivity contribution in [2.24, 2.45) is 0 Å². The molecule has 0 atom stereocenters. The average molecular weight is 261 g/mol. The maximum atomic E-state index is 4.05. The van der Waals surface area contributed by atoms with Crippen molar-refractivity contribution in [2.45, 2.75) is 13.0 Å². The van der Waals surface area contributed by atoms with E-state index < -0.39 is 0 Å². The van der Waals surface area contributed by atoms with Crippen LogP contribution in [0.15, 0.2) is 43.0 Å². The Morgan fingerprint density at radius 3 is 2.78 bits per heavy atom. The standard InChI is InChI=1S/C14H19N3S/c1-18-10-2-7-15-11-13-3-5-14(6-4-13)17-9-8-16-12-17/h3-6,8-9,12,15H,2,7,10-11H2,1H3. The van der Waals surface area contributed by atoms with E-state index in [1.165, 1.54) is 17.7 Å². The van der Waals surface area contributed by atoms with Crippen molar-refractivity contribution in [3.05, 3.63) is 48.5 Å². The molecule has 0 unspecified atom stereocenters. The SMILES string of the molecule is CSCCCNCc1ccc(-n2ccnc2)cc1. The second-order valence-electron chi connectivity index (χ2n) is 4.16. The van der Waals surface area contributed by atoms with E-state index in [0.717, 1.165) is 18.8 Å². The van der Waals surface area contributed by atoms with Crippen LogP contribution < -0.4 is 5.32 Å². The fourth-order valence-corrected chi connectivity index (χ4v) is 2.21. The monoisotopic (exact) mass is 261 g/mol. The van der Waals surface area contributed by atoms with Crippen LogP contribution in [0.4, 0.5) is 0 Å². The number of benzene rings is 1. The minimum atomic E-state index is 0.943. The van der Waals surface area contributed by atoms with Crippen molar-refractivity contribution in [3.63, 3.8) is 0 Å². The highest BCUT2D eigenvalue weighted by atomic mass is 32.2. The van der Waals surface area contributed by atoms with E-state index in [4.69, 9.17) is 0 Å². The van der Waals surface area contributed by atoms with Crippen molar-refractivity contribution in [3.8, 4) is 5.69 Å². The fraction of sp³-hybridized carbons (Fsp3) is 0.357. The highest BCUT2D eigenvalue weighted by Crippen LogP contribution is 2.09. The van der Waals surface area contributed by atoms with Gasteiger partial charge in [-0.15, -0.1) is 0 Å². The molecule has 0 spiro atoms. The molecule has 18 heavy (non-hydrogen) atoms.